The van der Waals surface area contributed by atoms with Gasteiger partial charge in [-0.2, -0.15) is 0 Å². The van der Waals surface area contributed by atoms with E-state index in [-0.39, 0.29) is 0 Å². The maximum atomic E-state index is 10.1. The molecule has 0 aromatic heterocycles. The summed E-state index contributed by atoms with van der Waals surface area (Å²) in [6.45, 7) is 4.34. The van der Waals surface area contributed by atoms with Crippen molar-refractivity contribution >= 4 is 5.76 Å². The summed E-state index contributed by atoms with van der Waals surface area (Å²) in [6, 6.07) is 7.78. The summed E-state index contributed by atoms with van der Waals surface area (Å²) in [7, 11) is 0. The van der Waals surface area contributed by atoms with Crippen LogP contribution >= 0.6 is 0 Å². The maximum Gasteiger partial charge on any atom is 0.126 e. The van der Waals surface area contributed by atoms with Crippen LogP contribution < -0.4 is 0 Å². The van der Waals surface area contributed by atoms with Crippen molar-refractivity contribution in [3.63, 3.8) is 0 Å². The molecule has 2 rings (SSSR count). The van der Waals surface area contributed by atoms with Crippen molar-refractivity contribution in [3.05, 3.63) is 41.5 Å². The second-order valence-corrected chi connectivity index (χ2v) is 3.63. The highest BCUT2D eigenvalue weighted by Crippen LogP contribution is 2.38. The van der Waals surface area contributed by atoms with Crippen LogP contribution in [0.1, 0.15) is 25.0 Å². The van der Waals surface area contributed by atoms with Gasteiger partial charge in [-0.15, -0.1) is 0 Å². The van der Waals surface area contributed by atoms with Crippen molar-refractivity contribution in [1.82, 2.24) is 0 Å². The molecule has 0 radical (unpaired) electrons. The number of hydrogen-bond acceptors (Lipinski definition) is 2. The molecule has 0 saturated carbocycles. The Kier molecular flexibility index (Phi) is 2.08. The third-order valence-electron chi connectivity index (χ3n) is 2.45. The van der Waals surface area contributed by atoms with E-state index in [0.29, 0.717) is 6.61 Å². The first kappa shape index (κ1) is 9.28. The van der Waals surface area contributed by atoms with Crippen molar-refractivity contribution < 1.29 is 9.84 Å². The van der Waals surface area contributed by atoms with E-state index in [2.05, 4.69) is 0 Å². The minimum absolute atomic E-state index is 0.621. The van der Waals surface area contributed by atoms with Crippen molar-refractivity contribution in [2.75, 3.05) is 6.61 Å². The predicted molar refractivity (Wildman–Crippen MR) is 55.6 cm³/mol. The number of ether oxygens (including phenoxy) is 1. The molecule has 0 fully saturated rings. The van der Waals surface area contributed by atoms with Gasteiger partial charge in [0.05, 0.1) is 6.61 Å². The van der Waals surface area contributed by atoms with Gasteiger partial charge in [-0.1, -0.05) is 24.3 Å². The zero-order valence-electron chi connectivity index (χ0n) is 8.45. The molecule has 2 nitrogen and oxygen atoms in total. The predicted octanol–water partition coefficient (Wildman–Crippen LogP) is 2.29. The van der Waals surface area contributed by atoms with Gasteiger partial charge in [-0.3, -0.25) is 0 Å². The smallest absolute Gasteiger partial charge is 0.126 e. The average Bonchev–Trinajstić information content (AvgIpc) is 2.41. The normalized spacial score (nSPS) is 24.4. The van der Waals surface area contributed by atoms with Crippen LogP contribution in [0.3, 0.4) is 0 Å². The van der Waals surface area contributed by atoms with Gasteiger partial charge in [0.25, 0.3) is 0 Å². The van der Waals surface area contributed by atoms with Gasteiger partial charge in [0.15, 0.2) is 0 Å². The molecule has 2 heteroatoms. The molecule has 1 aromatic rings. The van der Waals surface area contributed by atoms with E-state index in [9.17, 15) is 5.11 Å². The lowest BCUT2D eigenvalue weighted by atomic mass is 9.98. The largest absolute Gasteiger partial charge is 0.493 e. The van der Waals surface area contributed by atoms with Crippen LogP contribution in [0.25, 0.3) is 5.76 Å². The second kappa shape index (κ2) is 3.14. The van der Waals surface area contributed by atoms with E-state index in [1.54, 1.807) is 13.0 Å². The van der Waals surface area contributed by atoms with Crippen LogP contribution in [0, 0.1) is 0 Å². The number of aliphatic hydroxyl groups is 1. The van der Waals surface area contributed by atoms with Crippen LogP contribution in [-0.2, 0) is 10.3 Å². The molecule has 0 aliphatic heterocycles. The molecule has 0 bridgehead atoms. The molecule has 1 N–H and O–H groups in total. The Morgan fingerprint density at radius 3 is 2.79 bits per heavy atom. The molecule has 0 spiro atoms. The molecule has 14 heavy (non-hydrogen) atoms. The fourth-order valence-electron chi connectivity index (χ4n) is 1.83. The summed E-state index contributed by atoms with van der Waals surface area (Å²) >= 11 is 0. The molecule has 1 unspecified atom stereocenters. The van der Waals surface area contributed by atoms with Crippen molar-refractivity contribution in [2.45, 2.75) is 19.4 Å². The Morgan fingerprint density at radius 2 is 2.07 bits per heavy atom. The summed E-state index contributed by atoms with van der Waals surface area (Å²) < 4.78 is 5.47. The summed E-state index contributed by atoms with van der Waals surface area (Å²) in [4.78, 5) is 0. The molecule has 1 aliphatic carbocycles. The molecular weight excluding hydrogens is 176 g/mol. The summed E-state index contributed by atoms with van der Waals surface area (Å²) in [5, 5.41) is 10.1. The Morgan fingerprint density at radius 1 is 1.36 bits per heavy atom. The van der Waals surface area contributed by atoms with E-state index in [1.165, 1.54) is 0 Å². The third kappa shape index (κ3) is 1.32. The SMILES string of the molecule is CCOC1=CC(C)(O)c2ccccc21. The van der Waals surface area contributed by atoms with Crippen LogP contribution in [0.5, 0.6) is 0 Å². The standard InChI is InChI=1S/C12H14O2/c1-3-14-11-8-12(2,13)10-7-5-4-6-9(10)11/h4-8,13H,3H2,1-2H3. The van der Waals surface area contributed by atoms with Crippen molar-refractivity contribution in [1.29, 1.82) is 0 Å². The highest BCUT2D eigenvalue weighted by molar-refractivity contribution is 5.71. The lowest BCUT2D eigenvalue weighted by Crippen LogP contribution is -2.14. The van der Waals surface area contributed by atoms with Gasteiger partial charge in [-0.25, -0.2) is 0 Å². The van der Waals surface area contributed by atoms with Gasteiger partial charge in [0.2, 0.25) is 0 Å². The topological polar surface area (TPSA) is 29.5 Å². The lowest BCUT2D eigenvalue weighted by molar-refractivity contribution is 0.113. The molecule has 0 amide bonds. The molecule has 1 aromatic carbocycles. The first-order valence-electron chi connectivity index (χ1n) is 4.83. The number of fused-ring (bicyclic) bond motifs is 1. The van der Waals surface area contributed by atoms with Gasteiger partial charge in [0, 0.05) is 5.56 Å². The zero-order valence-corrected chi connectivity index (χ0v) is 8.45. The van der Waals surface area contributed by atoms with Crippen molar-refractivity contribution in [3.8, 4) is 0 Å². The Bertz CT molecular complexity index is 378. The van der Waals surface area contributed by atoms with Crippen LogP contribution in [0.15, 0.2) is 30.3 Å². The molecular formula is C12H14O2. The third-order valence-corrected chi connectivity index (χ3v) is 2.45. The van der Waals surface area contributed by atoms with E-state index in [1.807, 2.05) is 31.2 Å². The average molecular weight is 190 g/mol. The summed E-state index contributed by atoms with van der Waals surface area (Å²) in [6.07, 6.45) is 1.77. The van der Waals surface area contributed by atoms with Crippen LogP contribution in [0.4, 0.5) is 0 Å². The molecule has 1 aliphatic rings. The monoisotopic (exact) mass is 190 g/mol. The minimum atomic E-state index is -0.888. The number of benzene rings is 1. The molecule has 0 heterocycles. The highest BCUT2D eigenvalue weighted by atomic mass is 16.5. The van der Waals surface area contributed by atoms with E-state index in [4.69, 9.17) is 4.74 Å². The zero-order chi connectivity index (χ0) is 10.2. The Labute approximate surface area is 83.8 Å². The number of hydrogen-bond donors (Lipinski definition) is 1. The van der Waals surface area contributed by atoms with Gasteiger partial charge < -0.3 is 9.84 Å². The summed E-state index contributed by atoms with van der Waals surface area (Å²) in [5.74, 6) is 0.785. The maximum absolute atomic E-state index is 10.1. The van der Waals surface area contributed by atoms with Gasteiger partial charge in [-0.05, 0) is 25.5 Å². The van der Waals surface area contributed by atoms with Crippen molar-refractivity contribution in [2.24, 2.45) is 0 Å². The Balaban J connectivity index is 2.49. The molecule has 0 saturated heterocycles. The van der Waals surface area contributed by atoms with E-state index >= 15 is 0 Å². The molecule has 74 valence electrons. The number of rotatable bonds is 2. The quantitative estimate of drug-likeness (QED) is 0.775. The van der Waals surface area contributed by atoms with E-state index < -0.39 is 5.60 Å². The summed E-state index contributed by atoms with van der Waals surface area (Å²) in [5.41, 5.74) is 1.03. The van der Waals surface area contributed by atoms with Crippen LogP contribution in [0.2, 0.25) is 0 Å². The lowest BCUT2D eigenvalue weighted by Gasteiger charge is -2.14. The second-order valence-electron chi connectivity index (χ2n) is 3.63. The van der Waals surface area contributed by atoms with Gasteiger partial charge >= 0.3 is 0 Å². The fraction of sp³-hybridized carbons (Fsp3) is 0.333. The van der Waals surface area contributed by atoms with E-state index in [0.717, 1.165) is 16.9 Å². The highest BCUT2D eigenvalue weighted by Gasteiger charge is 2.32. The molecule has 1 atom stereocenters. The Hall–Kier alpha value is -1.28. The van der Waals surface area contributed by atoms with Crippen LogP contribution in [-0.4, -0.2) is 11.7 Å². The minimum Gasteiger partial charge on any atom is -0.493 e. The van der Waals surface area contributed by atoms with Gasteiger partial charge in [0.1, 0.15) is 11.4 Å². The fourth-order valence-corrected chi connectivity index (χ4v) is 1.83. The first-order valence-corrected chi connectivity index (χ1v) is 4.83. The first-order chi connectivity index (χ1) is 6.65.